The van der Waals surface area contributed by atoms with Crippen LogP contribution >= 0.6 is 0 Å². The van der Waals surface area contributed by atoms with Gasteiger partial charge in [0.1, 0.15) is 0 Å². The highest BCUT2D eigenvalue weighted by Gasteiger charge is 2.39. The zero-order chi connectivity index (χ0) is 15.0. The SMILES string of the molecule is NCC(c1ccccc1C(F)(F)F)C1CCS(=O)(=O)C1. The predicted octanol–water partition coefficient (Wildman–Crippen LogP) is 2.18. The Hall–Kier alpha value is -1.08. The second-order valence-corrected chi connectivity index (χ2v) is 7.32. The van der Waals surface area contributed by atoms with Crippen molar-refractivity contribution in [2.45, 2.75) is 18.5 Å². The van der Waals surface area contributed by atoms with Crippen LogP contribution in [0, 0.1) is 5.92 Å². The number of sulfone groups is 1. The van der Waals surface area contributed by atoms with Gasteiger partial charge in [0, 0.05) is 5.92 Å². The highest BCUT2D eigenvalue weighted by atomic mass is 32.2. The Kier molecular flexibility index (Phi) is 4.11. The zero-order valence-corrected chi connectivity index (χ0v) is 11.5. The minimum absolute atomic E-state index is 0.00722. The van der Waals surface area contributed by atoms with Crippen molar-refractivity contribution >= 4 is 9.84 Å². The van der Waals surface area contributed by atoms with Gasteiger partial charge in [-0.05, 0) is 30.5 Å². The molecule has 2 N–H and O–H groups in total. The van der Waals surface area contributed by atoms with Crippen LogP contribution in [0.1, 0.15) is 23.5 Å². The maximum absolute atomic E-state index is 13.0. The Morgan fingerprint density at radius 1 is 1.30 bits per heavy atom. The molecule has 1 heterocycles. The molecule has 0 spiro atoms. The van der Waals surface area contributed by atoms with Crippen LogP contribution < -0.4 is 5.73 Å². The number of benzene rings is 1. The van der Waals surface area contributed by atoms with Gasteiger partial charge in [-0.3, -0.25) is 0 Å². The van der Waals surface area contributed by atoms with Gasteiger partial charge in [0.05, 0.1) is 17.1 Å². The van der Waals surface area contributed by atoms with Gasteiger partial charge in [0.2, 0.25) is 0 Å². The summed E-state index contributed by atoms with van der Waals surface area (Å²) in [6.07, 6.45) is -4.09. The summed E-state index contributed by atoms with van der Waals surface area (Å²) in [5.41, 5.74) is 5.00. The molecule has 20 heavy (non-hydrogen) atoms. The normalized spacial score (nSPS) is 23.7. The Labute approximate surface area is 115 Å². The molecule has 2 atom stereocenters. The lowest BCUT2D eigenvalue weighted by atomic mass is 9.83. The van der Waals surface area contributed by atoms with Crippen LogP contribution in [-0.2, 0) is 16.0 Å². The Balaban J connectivity index is 2.38. The average molecular weight is 307 g/mol. The van der Waals surface area contributed by atoms with Gasteiger partial charge < -0.3 is 5.73 Å². The molecule has 1 saturated heterocycles. The predicted molar refractivity (Wildman–Crippen MR) is 70.0 cm³/mol. The Morgan fingerprint density at radius 3 is 2.45 bits per heavy atom. The molecule has 0 aromatic heterocycles. The number of nitrogens with two attached hydrogens (primary N) is 1. The maximum Gasteiger partial charge on any atom is 0.416 e. The number of hydrogen-bond donors (Lipinski definition) is 1. The minimum atomic E-state index is -4.46. The molecule has 1 aromatic carbocycles. The van der Waals surface area contributed by atoms with Crippen molar-refractivity contribution in [3.05, 3.63) is 35.4 Å². The summed E-state index contributed by atoms with van der Waals surface area (Å²) in [5, 5.41) is 0. The molecular weight excluding hydrogens is 291 g/mol. The van der Waals surface area contributed by atoms with Gasteiger partial charge in [-0.1, -0.05) is 18.2 Å². The first-order valence-electron chi connectivity index (χ1n) is 6.31. The summed E-state index contributed by atoms with van der Waals surface area (Å²) in [5.74, 6) is -0.970. The third-order valence-electron chi connectivity index (χ3n) is 3.76. The van der Waals surface area contributed by atoms with Crippen molar-refractivity contribution in [2.24, 2.45) is 11.7 Å². The van der Waals surface area contributed by atoms with E-state index in [1.165, 1.54) is 18.2 Å². The summed E-state index contributed by atoms with van der Waals surface area (Å²) < 4.78 is 62.1. The minimum Gasteiger partial charge on any atom is -0.330 e. The lowest BCUT2D eigenvalue weighted by Gasteiger charge is -2.24. The lowest BCUT2D eigenvalue weighted by Crippen LogP contribution is -2.25. The van der Waals surface area contributed by atoms with Crippen LogP contribution in [0.3, 0.4) is 0 Å². The van der Waals surface area contributed by atoms with E-state index in [0.717, 1.165) is 6.07 Å². The molecule has 2 rings (SSSR count). The summed E-state index contributed by atoms with van der Waals surface area (Å²) in [6, 6.07) is 5.26. The van der Waals surface area contributed by atoms with E-state index in [4.69, 9.17) is 5.73 Å². The molecule has 7 heteroatoms. The summed E-state index contributed by atoms with van der Waals surface area (Å²) in [4.78, 5) is 0. The van der Waals surface area contributed by atoms with E-state index in [1.807, 2.05) is 0 Å². The lowest BCUT2D eigenvalue weighted by molar-refractivity contribution is -0.138. The Bertz CT molecular complexity index is 584. The monoisotopic (exact) mass is 307 g/mol. The first-order chi connectivity index (χ1) is 9.24. The summed E-state index contributed by atoms with van der Waals surface area (Å²) >= 11 is 0. The van der Waals surface area contributed by atoms with E-state index in [9.17, 15) is 21.6 Å². The standard InChI is InChI=1S/C13H16F3NO2S/c14-13(15,16)12-4-2-1-3-10(12)11(7-17)9-5-6-20(18,19)8-9/h1-4,9,11H,5-8,17H2. The van der Waals surface area contributed by atoms with Crippen LogP contribution in [0.15, 0.2) is 24.3 Å². The Morgan fingerprint density at radius 2 is 1.95 bits per heavy atom. The fourth-order valence-corrected chi connectivity index (χ4v) is 4.67. The fraction of sp³-hybridized carbons (Fsp3) is 0.538. The first kappa shape index (κ1) is 15.3. The van der Waals surface area contributed by atoms with Crippen molar-refractivity contribution in [1.29, 1.82) is 0 Å². The van der Waals surface area contributed by atoms with Crippen LogP contribution in [0.2, 0.25) is 0 Å². The van der Waals surface area contributed by atoms with E-state index < -0.39 is 27.5 Å². The molecule has 112 valence electrons. The van der Waals surface area contributed by atoms with Gasteiger partial charge >= 0.3 is 6.18 Å². The fourth-order valence-electron chi connectivity index (χ4n) is 2.79. The smallest absolute Gasteiger partial charge is 0.330 e. The van der Waals surface area contributed by atoms with E-state index in [-0.39, 0.29) is 29.5 Å². The molecule has 0 aliphatic carbocycles. The van der Waals surface area contributed by atoms with Crippen LogP contribution in [-0.4, -0.2) is 26.5 Å². The van der Waals surface area contributed by atoms with Gasteiger partial charge in [0.15, 0.2) is 9.84 Å². The quantitative estimate of drug-likeness (QED) is 0.931. The van der Waals surface area contributed by atoms with Gasteiger partial charge in [0.25, 0.3) is 0 Å². The van der Waals surface area contributed by atoms with E-state index in [0.29, 0.717) is 6.42 Å². The van der Waals surface area contributed by atoms with Crippen molar-refractivity contribution in [1.82, 2.24) is 0 Å². The maximum atomic E-state index is 13.0. The third-order valence-corrected chi connectivity index (χ3v) is 5.55. The van der Waals surface area contributed by atoms with Crippen molar-refractivity contribution in [3.63, 3.8) is 0 Å². The van der Waals surface area contributed by atoms with E-state index >= 15 is 0 Å². The summed E-state index contributed by atoms with van der Waals surface area (Å²) in [6.45, 7) is 0.00722. The molecule has 3 nitrogen and oxygen atoms in total. The van der Waals surface area contributed by atoms with E-state index in [1.54, 1.807) is 0 Å². The van der Waals surface area contributed by atoms with Crippen molar-refractivity contribution < 1.29 is 21.6 Å². The molecule has 1 aliphatic heterocycles. The molecule has 0 amide bonds. The van der Waals surface area contributed by atoms with Gasteiger partial charge in [-0.15, -0.1) is 0 Å². The summed E-state index contributed by atoms with van der Waals surface area (Å²) in [7, 11) is -3.14. The molecule has 2 unspecified atom stereocenters. The third kappa shape index (κ3) is 3.15. The average Bonchev–Trinajstić information content (AvgIpc) is 2.70. The van der Waals surface area contributed by atoms with Gasteiger partial charge in [-0.2, -0.15) is 13.2 Å². The number of rotatable bonds is 3. The molecule has 1 aromatic rings. The van der Waals surface area contributed by atoms with Crippen molar-refractivity contribution in [2.75, 3.05) is 18.1 Å². The van der Waals surface area contributed by atoms with Crippen LogP contribution in [0.25, 0.3) is 0 Å². The van der Waals surface area contributed by atoms with Crippen LogP contribution in [0.5, 0.6) is 0 Å². The number of halogens is 3. The number of hydrogen-bond acceptors (Lipinski definition) is 3. The molecular formula is C13H16F3NO2S. The topological polar surface area (TPSA) is 60.2 Å². The molecule has 1 fully saturated rings. The molecule has 0 bridgehead atoms. The van der Waals surface area contributed by atoms with Crippen LogP contribution in [0.4, 0.5) is 13.2 Å². The van der Waals surface area contributed by atoms with Gasteiger partial charge in [-0.25, -0.2) is 8.42 Å². The van der Waals surface area contributed by atoms with Crippen molar-refractivity contribution in [3.8, 4) is 0 Å². The number of alkyl halides is 3. The molecule has 1 aliphatic rings. The largest absolute Gasteiger partial charge is 0.416 e. The zero-order valence-electron chi connectivity index (χ0n) is 10.7. The van der Waals surface area contributed by atoms with E-state index in [2.05, 4.69) is 0 Å². The first-order valence-corrected chi connectivity index (χ1v) is 8.13. The second kappa shape index (κ2) is 5.37. The highest BCUT2D eigenvalue weighted by molar-refractivity contribution is 7.91. The molecule has 0 radical (unpaired) electrons. The second-order valence-electron chi connectivity index (χ2n) is 5.09. The molecule has 0 saturated carbocycles. The highest BCUT2D eigenvalue weighted by Crippen LogP contribution is 2.39.